The van der Waals surface area contributed by atoms with Gasteiger partial charge in [-0.2, -0.15) is 5.26 Å². The molecule has 0 radical (unpaired) electrons. The van der Waals surface area contributed by atoms with Gasteiger partial charge in [-0.1, -0.05) is 78.5 Å². The lowest BCUT2D eigenvalue weighted by Crippen LogP contribution is -2.49. The Morgan fingerprint density at radius 3 is 2.32 bits per heavy atom. The predicted molar refractivity (Wildman–Crippen MR) is 150 cm³/mol. The first-order valence-corrected chi connectivity index (χ1v) is 13.6. The summed E-state index contributed by atoms with van der Waals surface area (Å²) < 4.78 is 5.55. The Labute approximate surface area is 230 Å². The number of nitriles is 1. The van der Waals surface area contributed by atoms with Gasteiger partial charge in [0.25, 0.3) is 0 Å². The van der Waals surface area contributed by atoms with Crippen molar-refractivity contribution in [2.75, 3.05) is 26.2 Å². The predicted octanol–water partition coefficient (Wildman–Crippen LogP) is 6.56. The van der Waals surface area contributed by atoms with E-state index < -0.39 is 10.8 Å². The van der Waals surface area contributed by atoms with Crippen molar-refractivity contribution in [3.8, 4) is 6.07 Å². The Kier molecular flexibility index (Phi) is 8.64. The maximum absolute atomic E-state index is 13.1. The number of halogens is 1. The number of hydrogen-bond acceptors (Lipinski definition) is 5. The summed E-state index contributed by atoms with van der Waals surface area (Å²) in [7, 11) is 0. The van der Waals surface area contributed by atoms with E-state index in [1.807, 2.05) is 25.1 Å². The average Bonchev–Trinajstić information content (AvgIpc) is 3.07. The summed E-state index contributed by atoms with van der Waals surface area (Å²) >= 11 is 1.77. The van der Waals surface area contributed by atoms with Gasteiger partial charge in [0.1, 0.15) is 0 Å². The van der Waals surface area contributed by atoms with Crippen LogP contribution in [0.15, 0.2) is 88.7 Å². The second-order valence-corrected chi connectivity index (χ2v) is 10.9. The van der Waals surface area contributed by atoms with E-state index in [0.717, 1.165) is 50.0 Å². The maximum atomic E-state index is 13.1. The first-order valence-electron chi connectivity index (χ1n) is 12.8. The van der Waals surface area contributed by atoms with Crippen LogP contribution in [0.25, 0.3) is 0 Å². The van der Waals surface area contributed by atoms with E-state index in [4.69, 9.17) is 4.74 Å². The third-order valence-electron chi connectivity index (χ3n) is 7.86. The fourth-order valence-electron chi connectivity index (χ4n) is 5.76. The van der Waals surface area contributed by atoms with E-state index in [9.17, 15) is 10.1 Å². The molecule has 2 aliphatic heterocycles. The van der Waals surface area contributed by atoms with Crippen LogP contribution in [0, 0.1) is 11.3 Å². The molecule has 1 atom stereocenters. The van der Waals surface area contributed by atoms with Gasteiger partial charge in [0.15, 0.2) is 0 Å². The quantitative estimate of drug-likeness (QED) is 0.336. The number of carbonyl (C=O) groups excluding carboxylic acids is 1. The summed E-state index contributed by atoms with van der Waals surface area (Å²) in [6.45, 7) is 4.70. The van der Waals surface area contributed by atoms with Gasteiger partial charge in [0.2, 0.25) is 0 Å². The fourth-order valence-corrected chi connectivity index (χ4v) is 6.94. The zero-order valence-electron chi connectivity index (χ0n) is 21.2. The molecule has 1 unspecified atom stereocenters. The summed E-state index contributed by atoms with van der Waals surface area (Å²) in [6.07, 6.45) is 2.93. The third-order valence-corrected chi connectivity index (χ3v) is 9.05. The zero-order chi connectivity index (χ0) is 25.0. The van der Waals surface area contributed by atoms with E-state index in [1.54, 1.807) is 11.8 Å². The van der Waals surface area contributed by atoms with E-state index in [1.165, 1.54) is 15.4 Å². The van der Waals surface area contributed by atoms with Gasteiger partial charge in [0, 0.05) is 9.79 Å². The molecule has 0 saturated carbocycles. The first-order chi connectivity index (χ1) is 17.6. The summed E-state index contributed by atoms with van der Waals surface area (Å²) in [5.41, 5.74) is 2.25. The van der Waals surface area contributed by atoms with Crippen LogP contribution in [0.1, 0.15) is 42.9 Å². The standard InChI is InChI=1S/C31H32N2O2S.ClH/c1-2-35-29(34)31(25-11-4-3-5-12-25)17-20-33(21-18-31)19-16-30(23-32)22-24-10-6-8-14-27(24)36-28-15-9-7-13-26(28)30;/h3-15H,2,16-22H2,1H3;1H. The summed E-state index contributed by atoms with van der Waals surface area (Å²) in [5.74, 6) is -0.115. The number of esters is 1. The van der Waals surface area contributed by atoms with Crippen LogP contribution in [0.4, 0.5) is 0 Å². The Bertz CT molecular complexity index is 1270. The topological polar surface area (TPSA) is 53.3 Å². The molecule has 192 valence electrons. The Balaban J connectivity index is 0.00000320. The second-order valence-electron chi connectivity index (χ2n) is 9.84. The minimum absolute atomic E-state index is 0. The molecule has 0 spiro atoms. The molecule has 0 aliphatic carbocycles. The van der Waals surface area contributed by atoms with Crippen molar-refractivity contribution < 1.29 is 9.53 Å². The van der Waals surface area contributed by atoms with Gasteiger partial charge in [-0.15, -0.1) is 12.4 Å². The lowest BCUT2D eigenvalue weighted by atomic mass is 9.72. The molecule has 0 bridgehead atoms. The number of benzene rings is 3. The molecule has 1 saturated heterocycles. The van der Waals surface area contributed by atoms with Crippen LogP contribution < -0.4 is 0 Å². The summed E-state index contributed by atoms with van der Waals surface area (Å²) in [5, 5.41) is 10.6. The largest absolute Gasteiger partial charge is 0.465 e. The fraction of sp³-hybridized carbons (Fsp3) is 0.355. The molecule has 5 rings (SSSR count). The monoisotopic (exact) mass is 532 g/mol. The van der Waals surface area contributed by atoms with Crippen LogP contribution in [-0.4, -0.2) is 37.1 Å². The van der Waals surface area contributed by atoms with Gasteiger partial charge in [-0.25, -0.2) is 0 Å². The smallest absolute Gasteiger partial charge is 0.316 e. The number of nitrogens with zero attached hydrogens (tertiary/aromatic N) is 2. The van der Waals surface area contributed by atoms with Crippen molar-refractivity contribution in [2.24, 2.45) is 0 Å². The van der Waals surface area contributed by atoms with E-state index >= 15 is 0 Å². The van der Waals surface area contributed by atoms with E-state index in [2.05, 4.69) is 71.6 Å². The molecule has 0 amide bonds. The number of carbonyl (C=O) groups is 1. The number of ether oxygens (including phenoxy) is 1. The lowest BCUT2D eigenvalue weighted by Gasteiger charge is -2.41. The van der Waals surface area contributed by atoms with Crippen molar-refractivity contribution in [3.63, 3.8) is 0 Å². The van der Waals surface area contributed by atoms with Crippen LogP contribution in [0.5, 0.6) is 0 Å². The van der Waals surface area contributed by atoms with Crippen molar-refractivity contribution in [1.29, 1.82) is 5.26 Å². The van der Waals surface area contributed by atoms with Gasteiger partial charge in [0.05, 0.1) is 23.5 Å². The zero-order valence-corrected chi connectivity index (χ0v) is 22.8. The van der Waals surface area contributed by atoms with Gasteiger partial charge >= 0.3 is 5.97 Å². The van der Waals surface area contributed by atoms with Gasteiger partial charge < -0.3 is 9.64 Å². The van der Waals surface area contributed by atoms with Crippen LogP contribution >= 0.6 is 24.2 Å². The molecule has 1 fully saturated rings. The molecule has 37 heavy (non-hydrogen) atoms. The number of piperidine rings is 1. The second kappa shape index (κ2) is 11.7. The van der Waals surface area contributed by atoms with Gasteiger partial charge in [-0.3, -0.25) is 4.79 Å². The summed E-state index contributed by atoms with van der Waals surface area (Å²) in [4.78, 5) is 18.0. The highest BCUT2D eigenvalue weighted by atomic mass is 35.5. The molecular weight excluding hydrogens is 500 g/mol. The average molecular weight is 533 g/mol. The van der Waals surface area contributed by atoms with E-state index in [-0.39, 0.29) is 18.4 Å². The minimum Gasteiger partial charge on any atom is -0.465 e. The Morgan fingerprint density at radius 1 is 0.973 bits per heavy atom. The lowest BCUT2D eigenvalue weighted by molar-refractivity contribution is -0.152. The molecule has 4 nitrogen and oxygen atoms in total. The summed E-state index contributed by atoms with van der Waals surface area (Å²) in [6, 6.07) is 29.7. The molecule has 3 aromatic rings. The SMILES string of the molecule is CCOC(=O)C1(c2ccccc2)CCN(CCC2(C#N)Cc3ccccc3Sc3ccccc32)CC1.Cl. The van der Waals surface area contributed by atoms with Crippen LogP contribution in [0.3, 0.4) is 0 Å². The van der Waals surface area contributed by atoms with Crippen molar-refractivity contribution in [3.05, 3.63) is 95.6 Å². The molecule has 0 N–H and O–H groups in total. The number of likely N-dealkylation sites (tertiary alicyclic amines) is 1. The van der Waals surface area contributed by atoms with E-state index in [0.29, 0.717) is 13.0 Å². The highest BCUT2D eigenvalue weighted by Gasteiger charge is 2.45. The van der Waals surface area contributed by atoms with Crippen molar-refractivity contribution in [1.82, 2.24) is 4.90 Å². The highest BCUT2D eigenvalue weighted by Crippen LogP contribution is 2.46. The van der Waals surface area contributed by atoms with Crippen molar-refractivity contribution in [2.45, 2.75) is 53.2 Å². The number of rotatable bonds is 6. The maximum Gasteiger partial charge on any atom is 0.316 e. The molecule has 2 aliphatic rings. The van der Waals surface area contributed by atoms with Crippen LogP contribution in [0.2, 0.25) is 0 Å². The Morgan fingerprint density at radius 2 is 1.62 bits per heavy atom. The molecule has 3 aromatic carbocycles. The molecule has 2 heterocycles. The van der Waals surface area contributed by atoms with Crippen molar-refractivity contribution >= 4 is 30.1 Å². The molecule has 0 aromatic heterocycles. The first kappa shape index (κ1) is 27.3. The minimum atomic E-state index is -0.592. The van der Waals surface area contributed by atoms with Gasteiger partial charge in [-0.05, 0) is 81.1 Å². The Hall–Kier alpha value is -2.78. The number of fused-ring (bicyclic) bond motifs is 2. The molecular formula is C31H33ClN2O2S. The highest BCUT2D eigenvalue weighted by molar-refractivity contribution is 7.99. The third kappa shape index (κ3) is 5.29. The number of hydrogen-bond donors (Lipinski definition) is 0. The van der Waals surface area contributed by atoms with Crippen LogP contribution in [-0.2, 0) is 26.8 Å². The molecule has 6 heteroatoms. The normalized spacial score (nSPS) is 20.3.